The molecule has 8 nitrogen and oxygen atoms in total. The number of carbonyl (C=O) groups is 1. The van der Waals surface area contributed by atoms with Crippen molar-refractivity contribution < 1.29 is 9.53 Å². The third kappa shape index (κ3) is 4.43. The first-order valence-corrected chi connectivity index (χ1v) is 8.22. The van der Waals surface area contributed by atoms with Gasteiger partial charge in [0.05, 0.1) is 12.8 Å². The largest absolute Gasteiger partial charge is 0.495 e. The summed E-state index contributed by atoms with van der Waals surface area (Å²) in [6.07, 6.45) is 1.42. The van der Waals surface area contributed by atoms with E-state index in [9.17, 15) is 4.79 Å². The first-order chi connectivity index (χ1) is 13.1. The molecule has 1 heterocycles. The van der Waals surface area contributed by atoms with Crippen LogP contribution in [0.2, 0.25) is 0 Å². The van der Waals surface area contributed by atoms with Crippen LogP contribution in [0.4, 0.5) is 34.4 Å². The fourth-order valence-corrected chi connectivity index (χ4v) is 2.45. The molecule has 0 fully saturated rings. The fraction of sp³-hybridized carbons (Fsp3) is 0.105. The summed E-state index contributed by atoms with van der Waals surface area (Å²) in [5, 5.41) is 9.02. The number of rotatable bonds is 6. The van der Waals surface area contributed by atoms with Crippen LogP contribution < -0.4 is 26.4 Å². The van der Waals surface area contributed by atoms with E-state index in [0.29, 0.717) is 28.8 Å². The predicted molar refractivity (Wildman–Crippen MR) is 107 cm³/mol. The molecule has 0 spiro atoms. The summed E-state index contributed by atoms with van der Waals surface area (Å²) in [5.74, 6) is 1.49. The van der Waals surface area contributed by atoms with Crippen molar-refractivity contribution in [2.75, 3.05) is 28.8 Å². The average molecular weight is 364 g/mol. The standard InChI is InChI=1S/C19H20N6O2/c1-12(26)23-13-7-9-14(10-8-13)24-18-17(20)19(22-11-21-18)25-15-5-3-4-6-16(15)27-2/h3-11H,20H2,1-2H3,(H,23,26)(H2,21,22,24,25). The quantitative estimate of drug-likeness (QED) is 0.529. The number of ether oxygens (including phenoxy) is 1. The number of aromatic nitrogens is 2. The van der Waals surface area contributed by atoms with Crippen LogP contribution in [0.25, 0.3) is 0 Å². The Balaban J connectivity index is 1.79. The molecule has 2 aromatic carbocycles. The van der Waals surface area contributed by atoms with Gasteiger partial charge in [-0.2, -0.15) is 0 Å². The summed E-state index contributed by atoms with van der Waals surface area (Å²) in [7, 11) is 1.60. The van der Waals surface area contributed by atoms with Gasteiger partial charge in [-0.1, -0.05) is 12.1 Å². The molecule has 1 aromatic heterocycles. The Morgan fingerprint density at radius 2 is 1.59 bits per heavy atom. The highest BCUT2D eigenvalue weighted by atomic mass is 16.5. The van der Waals surface area contributed by atoms with Crippen LogP contribution in [0.5, 0.6) is 5.75 Å². The van der Waals surface area contributed by atoms with Gasteiger partial charge >= 0.3 is 0 Å². The molecular weight excluding hydrogens is 344 g/mol. The Kier molecular flexibility index (Phi) is 5.36. The minimum absolute atomic E-state index is 0.122. The number of para-hydroxylation sites is 2. The zero-order chi connectivity index (χ0) is 19.2. The first kappa shape index (κ1) is 18.0. The molecule has 138 valence electrons. The minimum atomic E-state index is -0.122. The van der Waals surface area contributed by atoms with Crippen LogP contribution in [0, 0.1) is 0 Å². The van der Waals surface area contributed by atoms with E-state index >= 15 is 0 Å². The van der Waals surface area contributed by atoms with Gasteiger partial charge < -0.3 is 26.4 Å². The number of amides is 1. The van der Waals surface area contributed by atoms with E-state index in [1.54, 1.807) is 19.2 Å². The van der Waals surface area contributed by atoms with Crippen molar-refractivity contribution in [2.45, 2.75) is 6.92 Å². The summed E-state index contributed by atoms with van der Waals surface area (Å²) >= 11 is 0. The van der Waals surface area contributed by atoms with Gasteiger partial charge in [0.1, 0.15) is 17.8 Å². The van der Waals surface area contributed by atoms with Gasteiger partial charge in [0.2, 0.25) is 5.91 Å². The highest BCUT2D eigenvalue weighted by Gasteiger charge is 2.11. The lowest BCUT2D eigenvalue weighted by atomic mass is 10.2. The van der Waals surface area contributed by atoms with Gasteiger partial charge in [0, 0.05) is 18.3 Å². The number of methoxy groups -OCH3 is 1. The topological polar surface area (TPSA) is 114 Å². The normalized spacial score (nSPS) is 10.1. The Morgan fingerprint density at radius 3 is 2.26 bits per heavy atom. The number of nitrogens with zero attached hydrogens (tertiary/aromatic N) is 2. The molecule has 0 atom stereocenters. The van der Waals surface area contributed by atoms with Gasteiger partial charge in [-0.25, -0.2) is 9.97 Å². The number of benzene rings is 2. The smallest absolute Gasteiger partial charge is 0.221 e. The Labute approximate surface area is 156 Å². The number of nitrogen functional groups attached to an aromatic ring is 1. The van der Waals surface area contributed by atoms with Crippen LogP contribution in [0.3, 0.4) is 0 Å². The second kappa shape index (κ2) is 8.05. The van der Waals surface area contributed by atoms with E-state index < -0.39 is 0 Å². The van der Waals surface area contributed by atoms with E-state index in [1.165, 1.54) is 13.3 Å². The van der Waals surface area contributed by atoms with Gasteiger partial charge in [0.25, 0.3) is 0 Å². The molecule has 3 aromatic rings. The van der Waals surface area contributed by atoms with Gasteiger partial charge in [-0.3, -0.25) is 4.79 Å². The van der Waals surface area contributed by atoms with Gasteiger partial charge in [-0.05, 0) is 36.4 Å². The molecule has 0 bridgehead atoms. The Hall–Kier alpha value is -3.81. The SMILES string of the molecule is COc1ccccc1Nc1ncnc(Nc2ccc(NC(C)=O)cc2)c1N. The second-order valence-corrected chi connectivity index (χ2v) is 5.69. The molecule has 8 heteroatoms. The highest BCUT2D eigenvalue weighted by molar-refractivity contribution is 5.89. The monoisotopic (exact) mass is 364 g/mol. The first-order valence-electron chi connectivity index (χ1n) is 8.22. The highest BCUT2D eigenvalue weighted by Crippen LogP contribution is 2.31. The van der Waals surface area contributed by atoms with Crippen molar-refractivity contribution in [2.24, 2.45) is 0 Å². The lowest BCUT2D eigenvalue weighted by Gasteiger charge is -2.14. The van der Waals surface area contributed by atoms with Crippen molar-refractivity contribution in [3.05, 3.63) is 54.9 Å². The fourth-order valence-electron chi connectivity index (χ4n) is 2.45. The maximum Gasteiger partial charge on any atom is 0.221 e. The van der Waals surface area contributed by atoms with Crippen molar-refractivity contribution in [3.8, 4) is 5.75 Å². The molecule has 0 aliphatic rings. The second-order valence-electron chi connectivity index (χ2n) is 5.69. The number of hydrogen-bond donors (Lipinski definition) is 4. The van der Waals surface area contributed by atoms with E-state index in [2.05, 4.69) is 25.9 Å². The lowest BCUT2D eigenvalue weighted by molar-refractivity contribution is -0.114. The third-order valence-electron chi connectivity index (χ3n) is 3.71. The minimum Gasteiger partial charge on any atom is -0.495 e. The van der Waals surface area contributed by atoms with Crippen LogP contribution in [0.15, 0.2) is 54.9 Å². The number of nitrogens with one attached hydrogen (secondary N) is 3. The molecule has 27 heavy (non-hydrogen) atoms. The summed E-state index contributed by atoms with van der Waals surface area (Å²) in [6.45, 7) is 1.46. The van der Waals surface area contributed by atoms with E-state index in [1.807, 2.05) is 36.4 Å². The summed E-state index contributed by atoms with van der Waals surface area (Å²) in [5.41, 5.74) is 8.82. The molecular formula is C19H20N6O2. The van der Waals surface area contributed by atoms with E-state index in [-0.39, 0.29) is 5.91 Å². The van der Waals surface area contributed by atoms with Crippen molar-refractivity contribution in [1.82, 2.24) is 9.97 Å². The molecule has 0 unspecified atom stereocenters. The Bertz CT molecular complexity index is 943. The predicted octanol–water partition coefficient (Wildman–Crippen LogP) is 3.51. The van der Waals surface area contributed by atoms with Crippen molar-refractivity contribution in [1.29, 1.82) is 0 Å². The molecule has 3 rings (SSSR count). The lowest BCUT2D eigenvalue weighted by Crippen LogP contribution is -2.06. The molecule has 5 N–H and O–H groups in total. The number of anilines is 6. The van der Waals surface area contributed by atoms with Crippen molar-refractivity contribution >= 4 is 40.3 Å². The average Bonchev–Trinajstić information content (AvgIpc) is 2.66. The summed E-state index contributed by atoms with van der Waals surface area (Å²) < 4.78 is 5.33. The maximum atomic E-state index is 11.1. The summed E-state index contributed by atoms with van der Waals surface area (Å²) in [4.78, 5) is 19.5. The third-order valence-corrected chi connectivity index (χ3v) is 3.71. The van der Waals surface area contributed by atoms with E-state index in [4.69, 9.17) is 10.5 Å². The summed E-state index contributed by atoms with van der Waals surface area (Å²) in [6, 6.07) is 14.7. The zero-order valence-corrected chi connectivity index (χ0v) is 15.0. The van der Waals surface area contributed by atoms with Crippen LogP contribution >= 0.6 is 0 Å². The molecule has 0 aliphatic carbocycles. The molecule has 0 saturated heterocycles. The zero-order valence-electron chi connectivity index (χ0n) is 15.0. The number of carbonyl (C=O) groups excluding carboxylic acids is 1. The van der Waals surface area contributed by atoms with E-state index in [0.717, 1.165) is 11.4 Å². The van der Waals surface area contributed by atoms with Gasteiger partial charge in [-0.15, -0.1) is 0 Å². The molecule has 0 aliphatic heterocycles. The Morgan fingerprint density at radius 1 is 0.963 bits per heavy atom. The number of nitrogens with two attached hydrogens (primary N) is 1. The van der Waals surface area contributed by atoms with Crippen LogP contribution in [-0.4, -0.2) is 23.0 Å². The number of hydrogen-bond acceptors (Lipinski definition) is 7. The molecule has 0 radical (unpaired) electrons. The molecule has 1 amide bonds. The van der Waals surface area contributed by atoms with Crippen molar-refractivity contribution in [3.63, 3.8) is 0 Å². The molecule has 0 saturated carbocycles. The van der Waals surface area contributed by atoms with Crippen LogP contribution in [0.1, 0.15) is 6.92 Å². The maximum absolute atomic E-state index is 11.1. The van der Waals surface area contributed by atoms with Gasteiger partial charge in [0.15, 0.2) is 11.6 Å². The van der Waals surface area contributed by atoms with Crippen LogP contribution in [-0.2, 0) is 4.79 Å².